The van der Waals surface area contributed by atoms with Crippen LogP contribution in [-0.4, -0.2) is 13.1 Å². The SMILES string of the molecule is COC(=O)/C=C/c1ccc2ccc3ccccc3c2c1. The molecular weight excluding hydrogens is 248 g/mol. The summed E-state index contributed by atoms with van der Waals surface area (Å²) in [4.78, 5) is 11.2. The molecule has 0 aliphatic heterocycles. The zero-order valence-electron chi connectivity index (χ0n) is 11.2. The van der Waals surface area contributed by atoms with Crippen LogP contribution < -0.4 is 0 Å². The van der Waals surface area contributed by atoms with E-state index in [-0.39, 0.29) is 5.97 Å². The molecule has 0 amide bonds. The van der Waals surface area contributed by atoms with Gasteiger partial charge in [0.15, 0.2) is 0 Å². The van der Waals surface area contributed by atoms with Crippen LogP contribution in [0.4, 0.5) is 0 Å². The fourth-order valence-electron chi connectivity index (χ4n) is 2.36. The Morgan fingerprint density at radius 1 is 0.950 bits per heavy atom. The summed E-state index contributed by atoms with van der Waals surface area (Å²) in [6.07, 6.45) is 3.21. The molecular formula is C18H14O2. The third kappa shape index (κ3) is 2.28. The van der Waals surface area contributed by atoms with Crippen molar-refractivity contribution in [1.82, 2.24) is 0 Å². The van der Waals surface area contributed by atoms with Crippen LogP contribution in [0.15, 0.2) is 60.7 Å². The van der Waals surface area contributed by atoms with Crippen LogP contribution in [0.2, 0.25) is 0 Å². The van der Waals surface area contributed by atoms with E-state index in [1.54, 1.807) is 6.08 Å². The van der Waals surface area contributed by atoms with Crippen LogP contribution in [0.25, 0.3) is 27.6 Å². The third-order valence-corrected chi connectivity index (χ3v) is 3.38. The quantitative estimate of drug-likeness (QED) is 0.393. The highest BCUT2D eigenvalue weighted by Crippen LogP contribution is 2.26. The van der Waals surface area contributed by atoms with Crippen LogP contribution in [0.5, 0.6) is 0 Å². The standard InChI is InChI=1S/C18H14O2/c1-20-18(19)11-7-13-6-8-15-10-9-14-4-2-3-5-16(14)17(15)12-13/h2-12H,1H3/b11-7+. The van der Waals surface area contributed by atoms with E-state index >= 15 is 0 Å². The van der Waals surface area contributed by atoms with Gasteiger partial charge < -0.3 is 4.74 Å². The van der Waals surface area contributed by atoms with E-state index in [2.05, 4.69) is 41.1 Å². The van der Waals surface area contributed by atoms with E-state index in [4.69, 9.17) is 0 Å². The second-order valence-corrected chi connectivity index (χ2v) is 4.62. The lowest BCUT2D eigenvalue weighted by molar-refractivity contribution is -0.134. The second-order valence-electron chi connectivity index (χ2n) is 4.62. The summed E-state index contributed by atoms with van der Waals surface area (Å²) in [5, 5.41) is 4.82. The van der Waals surface area contributed by atoms with Gasteiger partial charge in [-0.05, 0) is 39.3 Å². The lowest BCUT2D eigenvalue weighted by Gasteiger charge is -2.05. The van der Waals surface area contributed by atoms with Gasteiger partial charge in [-0.25, -0.2) is 4.79 Å². The van der Waals surface area contributed by atoms with Crippen molar-refractivity contribution >= 4 is 33.6 Å². The van der Waals surface area contributed by atoms with Gasteiger partial charge in [-0.1, -0.05) is 48.5 Å². The Balaban J connectivity index is 2.16. The number of carbonyl (C=O) groups is 1. The zero-order valence-corrected chi connectivity index (χ0v) is 11.2. The first-order chi connectivity index (χ1) is 9.78. The number of carbonyl (C=O) groups excluding carboxylic acids is 1. The monoisotopic (exact) mass is 262 g/mol. The van der Waals surface area contributed by atoms with Crippen molar-refractivity contribution in [2.45, 2.75) is 0 Å². The molecule has 0 spiro atoms. The second kappa shape index (κ2) is 5.17. The Bertz CT molecular complexity index is 816. The summed E-state index contributed by atoms with van der Waals surface area (Å²) in [6, 6.07) is 18.7. The number of hydrogen-bond donors (Lipinski definition) is 0. The highest BCUT2D eigenvalue weighted by atomic mass is 16.5. The van der Waals surface area contributed by atoms with Gasteiger partial charge in [0.05, 0.1) is 7.11 Å². The predicted octanol–water partition coefficient (Wildman–Crippen LogP) is 4.18. The molecule has 98 valence electrons. The van der Waals surface area contributed by atoms with Crippen molar-refractivity contribution in [1.29, 1.82) is 0 Å². The highest BCUT2D eigenvalue weighted by Gasteiger charge is 2.01. The number of esters is 1. The number of ether oxygens (including phenoxy) is 1. The van der Waals surface area contributed by atoms with E-state index in [0.29, 0.717) is 0 Å². The highest BCUT2D eigenvalue weighted by molar-refractivity contribution is 6.08. The van der Waals surface area contributed by atoms with Crippen LogP contribution in [0.1, 0.15) is 5.56 Å². The Morgan fingerprint density at radius 2 is 1.65 bits per heavy atom. The van der Waals surface area contributed by atoms with Gasteiger partial charge in [0.2, 0.25) is 0 Å². The number of methoxy groups -OCH3 is 1. The van der Waals surface area contributed by atoms with Crippen molar-refractivity contribution in [3.05, 3.63) is 66.2 Å². The van der Waals surface area contributed by atoms with E-state index < -0.39 is 0 Å². The summed E-state index contributed by atoms with van der Waals surface area (Å²) >= 11 is 0. The number of benzene rings is 3. The van der Waals surface area contributed by atoms with Crippen LogP contribution in [0, 0.1) is 0 Å². The third-order valence-electron chi connectivity index (χ3n) is 3.38. The van der Waals surface area contributed by atoms with Gasteiger partial charge in [0.1, 0.15) is 0 Å². The van der Waals surface area contributed by atoms with E-state index in [0.717, 1.165) is 5.56 Å². The molecule has 0 radical (unpaired) electrons. The van der Waals surface area contributed by atoms with Gasteiger partial charge in [0.25, 0.3) is 0 Å². The van der Waals surface area contributed by atoms with Gasteiger partial charge in [-0.15, -0.1) is 0 Å². The molecule has 3 rings (SSSR count). The molecule has 0 saturated carbocycles. The van der Waals surface area contributed by atoms with Crippen LogP contribution >= 0.6 is 0 Å². The summed E-state index contributed by atoms with van der Waals surface area (Å²) < 4.78 is 4.60. The maximum Gasteiger partial charge on any atom is 0.330 e. The average molecular weight is 262 g/mol. The van der Waals surface area contributed by atoms with Crippen LogP contribution in [0.3, 0.4) is 0 Å². The van der Waals surface area contributed by atoms with Gasteiger partial charge in [-0.3, -0.25) is 0 Å². The van der Waals surface area contributed by atoms with Gasteiger partial charge in [0, 0.05) is 6.08 Å². The van der Waals surface area contributed by atoms with Gasteiger partial charge in [-0.2, -0.15) is 0 Å². The van der Waals surface area contributed by atoms with E-state index in [1.165, 1.54) is 34.7 Å². The fourth-order valence-corrected chi connectivity index (χ4v) is 2.36. The molecule has 0 saturated heterocycles. The smallest absolute Gasteiger partial charge is 0.330 e. The summed E-state index contributed by atoms with van der Waals surface area (Å²) in [6.45, 7) is 0. The predicted molar refractivity (Wildman–Crippen MR) is 82.5 cm³/mol. The summed E-state index contributed by atoms with van der Waals surface area (Å²) in [7, 11) is 1.38. The minimum absolute atomic E-state index is 0.344. The molecule has 0 fully saturated rings. The first kappa shape index (κ1) is 12.4. The molecule has 0 aliphatic rings. The van der Waals surface area contributed by atoms with Crippen molar-refractivity contribution < 1.29 is 9.53 Å². The Labute approximate surface area is 117 Å². The van der Waals surface area contributed by atoms with Crippen molar-refractivity contribution in [3.8, 4) is 0 Å². The molecule has 3 aromatic rings. The first-order valence-electron chi connectivity index (χ1n) is 6.45. The number of rotatable bonds is 2. The van der Waals surface area contributed by atoms with Crippen molar-refractivity contribution in [2.75, 3.05) is 7.11 Å². The lowest BCUT2D eigenvalue weighted by atomic mass is 10.00. The minimum atomic E-state index is -0.344. The molecule has 2 heteroatoms. The van der Waals surface area contributed by atoms with E-state index in [1.807, 2.05) is 18.2 Å². The molecule has 0 aromatic heterocycles. The molecule has 0 heterocycles. The number of fused-ring (bicyclic) bond motifs is 3. The fraction of sp³-hybridized carbons (Fsp3) is 0.0556. The molecule has 20 heavy (non-hydrogen) atoms. The first-order valence-corrected chi connectivity index (χ1v) is 6.45. The maximum absolute atomic E-state index is 11.2. The average Bonchev–Trinajstić information content (AvgIpc) is 2.52. The molecule has 0 N–H and O–H groups in total. The Kier molecular flexibility index (Phi) is 3.21. The number of hydrogen-bond acceptors (Lipinski definition) is 2. The van der Waals surface area contributed by atoms with Gasteiger partial charge >= 0.3 is 5.97 Å². The molecule has 0 bridgehead atoms. The zero-order chi connectivity index (χ0) is 13.9. The molecule has 0 aliphatic carbocycles. The van der Waals surface area contributed by atoms with Crippen molar-refractivity contribution in [2.24, 2.45) is 0 Å². The van der Waals surface area contributed by atoms with E-state index in [9.17, 15) is 4.79 Å². The van der Waals surface area contributed by atoms with Crippen LogP contribution in [-0.2, 0) is 9.53 Å². The molecule has 0 atom stereocenters. The normalized spacial score (nSPS) is 11.2. The molecule has 3 aromatic carbocycles. The topological polar surface area (TPSA) is 26.3 Å². The largest absolute Gasteiger partial charge is 0.466 e. The molecule has 0 unspecified atom stereocenters. The summed E-state index contributed by atoms with van der Waals surface area (Å²) in [5.41, 5.74) is 0.985. The minimum Gasteiger partial charge on any atom is -0.466 e. The summed E-state index contributed by atoms with van der Waals surface area (Å²) in [5.74, 6) is -0.344. The Morgan fingerprint density at radius 3 is 2.45 bits per heavy atom. The maximum atomic E-state index is 11.2. The lowest BCUT2D eigenvalue weighted by Crippen LogP contribution is -1.93. The van der Waals surface area contributed by atoms with Crippen molar-refractivity contribution in [3.63, 3.8) is 0 Å². The Hall–Kier alpha value is -2.61. The molecule has 2 nitrogen and oxygen atoms in total.